The average molecular weight is 238 g/mol. The lowest BCUT2D eigenvalue weighted by molar-refractivity contribution is -0.104. The van der Waals surface area contributed by atoms with E-state index in [9.17, 15) is 13.2 Å². The van der Waals surface area contributed by atoms with Crippen molar-refractivity contribution >= 4 is 16.4 Å². The van der Waals surface area contributed by atoms with Crippen LogP contribution in [0.2, 0.25) is 0 Å². The highest BCUT2D eigenvalue weighted by Gasteiger charge is 2.12. The number of benzene rings is 1. The van der Waals surface area contributed by atoms with Gasteiger partial charge < -0.3 is 4.18 Å². The maximum absolute atomic E-state index is 11.5. The van der Waals surface area contributed by atoms with E-state index in [4.69, 9.17) is 0 Å². The molecule has 0 N–H and O–H groups in total. The highest BCUT2D eigenvalue weighted by Crippen LogP contribution is 2.11. The lowest BCUT2D eigenvalue weighted by Crippen LogP contribution is -2.01. The molecule has 0 bridgehead atoms. The van der Waals surface area contributed by atoms with Crippen molar-refractivity contribution in [1.29, 1.82) is 0 Å². The fourth-order valence-electron chi connectivity index (χ4n) is 0.903. The van der Waals surface area contributed by atoms with Gasteiger partial charge in [0.2, 0.25) is 0 Å². The number of hydrogen-bond donors (Lipinski definition) is 0. The van der Waals surface area contributed by atoms with Gasteiger partial charge in [-0.25, -0.2) is 0 Å². The van der Waals surface area contributed by atoms with Gasteiger partial charge in [-0.05, 0) is 24.3 Å². The summed E-state index contributed by atoms with van der Waals surface area (Å²) < 4.78 is 27.6. The molecule has 0 fully saturated rings. The maximum atomic E-state index is 11.5. The molecule has 0 heterocycles. The summed E-state index contributed by atoms with van der Waals surface area (Å²) >= 11 is 0. The normalized spacial score (nSPS) is 12.0. The topological polar surface area (TPSA) is 60.4 Å². The second kappa shape index (κ2) is 5.87. The Hall–Kier alpha value is -1.88. The third-order valence-corrected chi connectivity index (χ3v) is 2.81. The zero-order valence-corrected chi connectivity index (χ0v) is 9.13. The molecule has 5 heteroatoms. The predicted molar refractivity (Wildman–Crippen MR) is 59.1 cm³/mol. The van der Waals surface area contributed by atoms with Crippen LogP contribution in [0.5, 0.6) is 0 Å². The molecule has 0 saturated heterocycles. The molecule has 0 unspecified atom stereocenters. The molecule has 16 heavy (non-hydrogen) atoms. The Kier molecular flexibility index (Phi) is 4.47. The highest BCUT2D eigenvalue weighted by atomic mass is 32.2. The summed E-state index contributed by atoms with van der Waals surface area (Å²) in [7, 11) is -3.76. The summed E-state index contributed by atoms with van der Waals surface area (Å²) in [5, 5.41) is 0. The molecule has 4 nitrogen and oxygen atoms in total. The van der Waals surface area contributed by atoms with Crippen LogP contribution in [0.25, 0.3) is 0 Å². The second-order valence-corrected chi connectivity index (χ2v) is 4.29. The van der Waals surface area contributed by atoms with E-state index in [1.54, 1.807) is 18.2 Å². The SMILES string of the molecule is O=C/C=C/C=C/OS(=O)(=O)c1ccccc1. The fourth-order valence-corrected chi connectivity index (χ4v) is 1.71. The number of allylic oxidation sites excluding steroid dienone is 3. The summed E-state index contributed by atoms with van der Waals surface area (Å²) in [6.07, 6.45) is 5.48. The first-order valence-electron chi connectivity index (χ1n) is 4.42. The molecule has 1 aromatic rings. The van der Waals surface area contributed by atoms with Crippen LogP contribution in [-0.4, -0.2) is 14.7 Å². The monoisotopic (exact) mass is 238 g/mol. The lowest BCUT2D eigenvalue weighted by atomic mass is 10.4. The van der Waals surface area contributed by atoms with E-state index in [0.29, 0.717) is 6.29 Å². The van der Waals surface area contributed by atoms with E-state index in [-0.39, 0.29) is 4.90 Å². The van der Waals surface area contributed by atoms with Crippen molar-refractivity contribution in [1.82, 2.24) is 0 Å². The van der Waals surface area contributed by atoms with Crippen molar-refractivity contribution in [2.24, 2.45) is 0 Å². The summed E-state index contributed by atoms with van der Waals surface area (Å²) in [6, 6.07) is 7.79. The first kappa shape index (κ1) is 12.2. The van der Waals surface area contributed by atoms with Crippen molar-refractivity contribution in [3.63, 3.8) is 0 Å². The molecule has 0 aliphatic heterocycles. The van der Waals surface area contributed by atoms with Crippen LogP contribution in [0, 0.1) is 0 Å². The first-order valence-corrected chi connectivity index (χ1v) is 5.83. The Bertz CT molecular complexity index is 486. The zero-order chi connectivity index (χ0) is 11.9. The minimum absolute atomic E-state index is 0.0824. The minimum atomic E-state index is -3.76. The highest BCUT2D eigenvalue weighted by molar-refractivity contribution is 7.86. The molecule has 1 aromatic carbocycles. The van der Waals surface area contributed by atoms with E-state index >= 15 is 0 Å². The predicted octanol–water partition coefficient (Wildman–Crippen LogP) is 1.66. The van der Waals surface area contributed by atoms with Crippen LogP contribution in [-0.2, 0) is 19.1 Å². The van der Waals surface area contributed by atoms with E-state index in [1.807, 2.05) is 0 Å². The van der Waals surface area contributed by atoms with E-state index in [0.717, 1.165) is 6.26 Å². The van der Waals surface area contributed by atoms with Gasteiger partial charge >= 0.3 is 10.1 Å². The molecule has 0 spiro atoms. The number of rotatable bonds is 5. The molecule has 0 aliphatic carbocycles. The minimum Gasteiger partial charge on any atom is -0.387 e. The fraction of sp³-hybridized carbons (Fsp3) is 0. The molecule has 0 amide bonds. The Labute approximate surface area is 94.0 Å². The van der Waals surface area contributed by atoms with Crippen molar-refractivity contribution in [3.05, 3.63) is 54.8 Å². The maximum Gasteiger partial charge on any atom is 0.338 e. The van der Waals surface area contributed by atoms with Gasteiger partial charge in [-0.3, -0.25) is 4.79 Å². The molecule has 0 saturated carbocycles. The van der Waals surface area contributed by atoms with Crippen molar-refractivity contribution in [2.75, 3.05) is 0 Å². The van der Waals surface area contributed by atoms with Gasteiger partial charge in [-0.15, -0.1) is 0 Å². The Balaban J connectivity index is 2.70. The van der Waals surface area contributed by atoms with Crippen LogP contribution < -0.4 is 0 Å². The quantitative estimate of drug-likeness (QED) is 0.257. The van der Waals surface area contributed by atoms with E-state index < -0.39 is 10.1 Å². The van der Waals surface area contributed by atoms with Gasteiger partial charge in [0.15, 0.2) is 0 Å². The second-order valence-electron chi connectivity index (χ2n) is 2.71. The molecule has 1 rings (SSSR count). The van der Waals surface area contributed by atoms with Gasteiger partial charge in [0.1, 0.15) is 17.4 Å². The molecule has 0 atom stereocenters. The van der Waals surface area contributed by atoms with Crippen molar-refractivity contribution in [2.45, 2.75) is 4.90 Å². The Morgan fingerprint density at radius 3 is 2.31 bits per heavy atom. The van der Waals surface area contributed by atoms with Gasteiger partial charge in [0, 0.05) is 0 Å². The van der Waals surface area contributed by atoms with Gasteiger partial charge in [0.05, 0.1) is 0 Å². The standard InChI is InChI=1S/C11H10O4S/c12-9-5-2-6-10-15-16(13,14)11-7-3-1-4-8-11/h1-10H/b5-2+,10-6+. The smallest absolute Gasteiger partial charge is 0.338 e. The molecule has 0 aliphatic rings. The van der Waals surface area contributed by atoms with Crippen LogP contribution in [0.3, 0.4) is 0 Å². The van der Waals surface area contributed by atoms with Crippen LogP contribution in [0.15, 0.2) is 59.7 Å². The Morgan fingerprint density at radius 2 is 1.69 bits per heavy atom. The molecule has 84 valence electrons. The van der Waals surface area contributed by atoms with Crippen LogP contribution >= 0.6 is 0 Å². The number of aldehydes is 1. The number of hydrogen-bond acceptors (Lipinski definition) is 4. The van der Waals surface area contributed by atoms with Gasteiger partial charge in [-0.1, -0.05) is 24.3 Å². The molecular formula is C11H10O4S. The molecular weight excluding hydrogens is 228 g/mol. The van der Waals surface area contributed by atoms with Gasteiger partial charge in [-0.2, -0.15) is 8.42 Å². The van der Waals surface area contributed by atoms with E-state index in [1.165, 1.54) is 30.4 Å². The summed E-state index contributed by atoms with van der Waals surface area (Å²) in [6.45, 7) is 0. The summed E-state index contributed by atoms with van der Waals surface area (Å²) in [5.74, 6) is 0. The molecule has 0 radical (unpaired) electrons. The third kappa shape index (κ3) is 3.70. The van der Waals surface area contributed by atoms with E-state index in [2.05, 4.69) is 4.18 Å². The van der Waals surface area contributed by atoms with Crippen molar-refractivity contribution < 1.29 is 17.4 Å². The lowest BCUT2D eigenvalue weighted by Gasteiger charge is -2.01. The van der Waals surface area contributed by atoms with Crippen molar-refractivity contribution in [3.8, 4) is 0 Å². The number of carbonyl (C=O) groups excluding carboxylic acids is 1. The Morgan fingerprint density at radius 1 is 1.00 bits per heavy atom. The molecule has 0 aromatic heterocycles. The van der Waals surface area contributed by atoms with Crippen LogP contribution in [0.4, 0.5) is 0 Å². The first-order chi connectivity index (χ1) is 7.67. The number of carbonyl (C=O) groups is 1. The van der Waals surface area contributed by atoms with Crippen LogP contribution in [0.1, 0.15) is 0 Å². The largest absolute Gasteiger partial charge is 0.387 e. The zero-order valence-electron chi connectivity index (χ0n) is 8.31. The average Bonchev–Trinajstić information content (AvgIpc) is 2.30. The van der Waals surface area contributed by atoms with Gasteiger partial charge in [0.25, 0.3) is 0 Å². The summed E-state index contributed by atoms with van der Waals surface area (Å²) in [5.41, 5.74) is 0. The summed E-state index contributed by atoms with van der Waals surface area (Å²) in [4.78, 5) is 9.99. The third-order valence-electron chi connectivity index (χ3n) is 1.59.